The molecule has 39 valence electrons. The van der Waals surface area contributed by atoms with Gasteiger partial charge in [0.1, 0.15) is 10.4 Å². The molecule has 0 saturated carbocycles. The van der Waals surface area contributed by atoms with Crippen molar-refractivity contribution in [1.82, 2.24) is 4.23 Å². The lowest BCUT2D eigenvalue weighted by atomic mass is 10.5. The van der Waals surface area contributed by atoms with E-state index in [9.17, 15) is 0 Å². The second kappa shape index (κ2) is 5.26. The Labute approximate surface area is 63.5 Å². The highest BCUT2D eigenvalue weighted by Gasteiger charge is 1.90. The molecule has 1 nitrogen and oxygen atoms in total. The average molecular weight is 240 g/mol. The molecule has 7 heavy (non-hydrogen) atoms. The van der Waals surface area contributed by atoms with Gasteiger partial charge in [-0.15, -0.1) is 21.8 Å². The van der Waals surface area contributed by atoms with Crippen LogP contribution < -0.4 is 0 Å². The Morgan fingerprint density at radius 3 is 2.57 bits per heavy atom. The molecule has 0 saturated heterocycles. The fourth-order valence-corrected chi connectivity index (χ4v) is 1.52. The van der Waals surface area contributed by atoms with Crippen molar-refractivity contribution in [2.75, 3.05) is 6.54 Å². The Hall–Kier alpha value is 1.12. The van der Waals surface area contributed by atoms with Gasteiger partial charge in [0.2, 0.25) is 7.18 Å². The molecule has 0 unspecified atom stereocenters. The number of hydrogen-bond acceptors (Lipinski definition) is 1. The standard InChI is InChI=1S/C3H7INSi2/c1-2-3-5(6)7-4/h2-3H2,1H3. The molecule has 0 aromatic heterocycles. The van der Waals surface area contributed by atoms with Gasteiger partial charge in [-0.3, -0.25) is 0 Å². The molecule has 0 aliphatic rings. The molecule has 0 heterocycles. The van der Waals surface area contributed by atoms with E-state index in [0.29, 0.717) is 0 Å². The van der Waals surface area contributed by atoms with Crippen molar-refractivity contribution in [3.63, 3.8) is 0 Å². The minimum Gasteiger partial charge on any atom is -0.342 e. The molecule has 4 heteroatoms. The zero-order chi connectivity index (χ0) is 5.70. The first-order chi connectivity index (χ1) is 3.31. The van der Waals surface area contributed by atoms with E-state index in [1.54, 1.807) is 0 Å². The maximum atomic E-state index is 3.42. The molecule has 0 aromatic carbocycles. The molecule has 0 atom stereocenters. The third-order valence-corrected chi connectivity index (χ3v) is 4.65. The van der Waals surface area contributed by atoms with E-state index in [4.69, 9.17) is 0 Å². The van der Waals surface area contributed by atoms with Gasteiger partial charge in [0.05, 0.1) is 0 Å². The van der Waals surface area contributed by atoms with E-state index in [0.717, 1.165) is 13.7 Å². The highest BCUT2D eigenvalue weighted by Crippen LogP contribution is 1.85. The van der Waals surface area contributed by atoms with Gasteiger partial charge in [-0.25, -0.2) is 0 Å². The first kappa shape index (κ1) is 8.12. The molecule has 5 radical (unpaired) electrons. The van der Waals surface area contributed by atoms with Crippen molar-refractivity contribution in [2.24, 2.45) is 0 Å². The van der Waals surface area contributed by atoms with Crippen LogP contribution in [0.3, 0.4) is 0 Å². The molecule has 0 spiro atoms. The van der Waals surface area contributed by atoms with Crippen LogP contribution in [0.5, 0.6) is 0 Å². The van der Waals surface area contributed by atoms with Crippen molar-refractivity contribution in [3.05, 3.63) is 0 Å². The van der Waals surface area contributed by atoms with Gasteiger partial charge in [-0.2, -0.15) is 0 Å². The lowest BCUT2D eigenvalue weighted by Crippen LogP contribution is -2.21. The number of rotatable bonds is 3. The van der Waals surface area contributed by atoms with Gasteiger partial charge in [0, 0.05) is 0 Å². The maximum absolute atomic E-state index is 3.42. The van der Waals surface area contributed by atoms with Crippen LogP contribution in [0.1, 0.15) is 13.3 Å². The second-order valence-electron chi connectivity index (χ2n) is 1.24. The van der Waals surface area contributed by atoms with E-state index in [1.807, 2.05) is 0 Å². The average Bonchev–Trinajstić information content (AvgIpc) is 1.68. The largest absolute Gasteiger partial charge is 0.342 e. The lowest BCUT2D eigenvalue weighted by Gasteiger charge is -2.07. The Morgan fingerprint density at radius 2 is 2.43 bits per heavy atom. The molecule has 0 aromatic rings. The highest BCUT2D eigenvalue weighted by molar-refractivity contribution is 14.1. The third-order valence-electron chi connectivity index (χ3n) is 0.549. The first-order valence-electron chi connectivity index (χ1n) is 2.16. The van der Waals surface area contributed by atoms with Gasteiger partial charge >= 0.3 is 0 Å². The van der Waals surface area contributed by atoms with E-state index in [2.05, 4.69) is 43.4 Å². The van der Waals surface area contributed by atoms with Crippen LogP contribution in [0.4, 0.5) is 0 Å². The Morgan fingerprint density at radius 1 is 1.86 bits per heavy atom. The minimum absolute atomic E-state index is 0.855. The Kier molecular flexibility index (Phi) is 6.11. The summed E-state index contributed by atoms with van der Waals surface area (Å²) < 4.78 is 2.13. The minimum atomic E-state index is 0.855. The summed E-state index contributed by atoms with van der Waals surface area (Å²) in [7, 11) is 4.28. The molecular formula is C3H7INSi2. The molecule has 0 aliphatic carbocycles. The monoisotopic (exact) mass is 240 g/mol. The molecule has 0 bridgehead atoms. The summed E-state index contributed by atoms with van der Waals surface area (Å²) in [5.41, 5.74) is 0. The summed E-state index contributed by atoms with van der Waals surface area (Å²) in [6.07, 6.45) is 1.22. The second-order valence-corrected chi connectivity index (χ2v) is 4.38. The zero-order valence-corrected chi connectivity index (χ0v) is 8.40. The molecule has 0 fully saturated rings. The normalized spacial score (nSPS) is 10.3. The molecule has 0 rings (SSSR count). The van der Waals surface area contributed by atoms with Crippen LogP contribution in [0.2, 0.25) is 0 Å². The fourth-order valence-electron chi connectivity index (χ4n) is 0.266. The van der Waals surface area contributed by atoms with Crippen molar-refractivity contribution in [1.29, 1.82) is 0 Å². The van der Waals surface area contributed by atoms with Crippen molar-refractivity contribution in [2.45, 2.75) is 13.3 Å². The van der Waals surface area contributed by atoms with E-state index in [-0.39, 0.29) is 0 Å². The van der Waals surface area contributed by atoms with Crippen LogP contribution in [-0.4, -0.2) is 28.4 Å². The highest BCUT2D eigenvalue weighted by atomic mass is 127. The van der Waals surface area contributed by atoms with Crippen LogP contribution in [0, 0.1) is 0 Å². The predicted octanol–water partition coefficient (Wildman–Crippen LogP) is 0.751. The van der Waals surface area contributed by atoms with E-state index in [1.165, 1.54) is 6.42 Å². The van der Waals surface area contributed by atoms with Crippen molar-refractivity contribution < 1.29 is 0 Å². The van der Waals surface area contributed by atoms with Gasteiger partial charge in [-0.1, -0.05) is 6.92 Å². The summed E-state index contributed by atoms with van der Waals surface area (Å²) in [5, 5.41) is 0. The van der Waals surface area contributed by atoms with Gasteiger partial charge in [0.25, 0.3) is 0 Å². The summed E-state index contributed by atoms with van der Waals surface area (Å²) in [5.74, 6) is 0. The summed E-state index contributed by atoms with van der Waals surface area (Å²) in [6.45, 7) is 3.32. The first-order valence-corrected chi connectivity index (χ1v) is 6.67. The maximum Gasteiger partial charge on any atom is 0.223 e. The van der Waals surface area contributed by atoms with Gasteiger partial charge in [0.15, 0.2) is 0 Å². The lowest BCUT2D eigenvalue weighted by molar-refractivity contribution is 0.674. The van der Waals surface area contributed by atoms with Crippen molar-refractivity contribution >= 4 is 39.4 Å². The third kappa shape index (κ3) is 4.99. The smallest absolute Gasteiger partial charge is 0.223 e. The number of halogens is 1. The Balaban J connectivity index is 2.83. The topological polar surface area (TPSA) is 3.24 Å². The quantitative estimate of drug-likeness (QED) is 0.400. The van der Waals surface area contributed by atoms with Crippen LogP contribution in [0.15, 0.2) is 0 Å². The van der Waals surface area contributed by atoms with Crippen LogP contribution >= 0.6 is 21.8 Å². The summed E-state index contributed by atoms with van der Waals surface area (Å²) >= 11 is 2.34. The predicted molar refractivity (Wildman–Crippen MR) is 42.5 cm³/mol. The fraction of sp³-hybridized carbons (Fsp3) is 1.00. The summed E-state index contributed by atoms with van der Waals surface area (Å²) in [6, 6.07) is 0. The SMILES string of the molecule is CCCN([Si])[Si]I. The molecular weight excluding hydrogens is 233 g/mol. The van der Waals surface area contributed by atoms with Crippen molar-refractivity contribution in [3.8, 4) is 0 Å². The van der Waals surface area contributed by atoms with Crippen LogP contribution in [-0.2, 0) is 0 Å². The van der Waals surface area contributed by atoms with E-state index >= 15 is 0 Å². The summed E-state index contributed by atoms with van der Waals surface area (Å²) in [4.78, 5) is 0. The number of nitrogens with zero attached hydrogens (tertiary/aromatic N) is 1. The van der Waals surface area contributed by atoms with Gasteiger partial charge < -0.3 is 4.23 Å². The number of hydrogen-bond donors (Lipinski definition) is 0. The Bertz CT molecular complexity index is 43.9. The van der Waals surface area contributed by atoms with E-state index < -0.39 is 0 Å². The van der Waals surface area contributed by atoms with Crippen LogP contribution in [0.25, 0.3) is 0 Å². The van der Waals surface area contributed by atoms with Gasteiger partial charge in [-0.05, 0) is 13.0 Å². The molecule has 0 N–H and O–H groups in total. The zero-order valence-electron chi connectivity index (χ0n) is 4.24. The molecule has 0 aliphatic heterocycles. The molecule has 0 amide bonds.